The molecule has 1 aliphatic carbocycles. The van der Waals surface area contributed by atoms with Gasteiger partial charge in [0.05, 0.1) is 13.2 Å². The average molecular weight is 366 g/mol. The van der Waals surface area contributed by atoms with Gasteiger partial charge in [-0.15, -0.1) is 0 Å². The van der Waals surface area contributed by atoms with E-state index < -0.39 is 25.3 Å². The van der Waals surface area contributed by atoms with Crippen LogP contribution in [0.5, 0.6) is 0 Å². The van der Waals surface area contributed by atoms with E-state index in [4.69, 9.17) is 9.16 Å². The number of hydrogen-bond acceptors (Lipinski definition) is 5. The molecule has 0 saturated heterocycles. The average Bonchev–Trinajstić information content (AvgIpc) is 2.50. The molecular formula is C19H31NO4Si. The summed E-state index contributed by atoms with van der Waals surface area (Å²) in [6.45, 7) is 12.4. The summed E-state index contributed by atoms with van der Waals surface area (Å²) in [7, 11) is -0.941. The van der Waals surface area contributed by atoms with Gasteiger partial charge < -0.3 is 14.0 Å². The monoisotopic (exact) mass is 365 g/mol. The Hall–Kier alpha value is -1.45. The van der Waals surface area contributed by atoms with Crippen LogP contribution >= 0.6 is 0 Å². The van der Waals surface area contributed by atoms with Crippen LogP contribution in [-0.4, -0.2) is 33.3 Å². The fourth-order valence-electron chi connectivity index (χ4n) is 3.19. The molecule has 0 bridgehead atoms. The molecular weight excluding hydrogens is 334 g/mol. The molecule has 2 atom stereocenters. The normalized spacial score (nSPS) is 29.1. The van der Waals surface area contributed by atoms with Gasteiger partial charge in [0.1, 0.15) is 6.29 Å². The number of carbonyl (C=O) groups excluding carboxylic acids is 2. The number of hydrogen-bond donors (Lipinski definition) is 0. The van der Waals surface area contributed by atoms with E-state index in [0.29, 0.717) is 12.8 Å². The molecule has 140 valence electrons. The van der Waals surface area contributed by atoms with Crippen molar-refractivity contribution in [3.05, 3.63) is 11.6 Å². The largest absolute Gasteiger partial charge is 0.466 e. The first-order valence-electron chi connectivity index (χ1n) is 8.73. The lowest BCUT2D eigenvalue weighted by atomic mass is 9.60. The third-order valence-corrected chi connectivity index (χ3v) is 10.4. The van der Waals surface area contributed by atoms with E-state index in [2.05, 4.69) is 39.9 Å². The molecule has 0 amide bonds. The second-order valence-corrected chi connectivity index (χ2v) is 13.3. The second-order valence-electron chi connectivity index (χ2n) is 8.55. The van der Waals surface area contributed by atoms with Gasteiger partial charge in [-0.2, -0.15) is 5.26 Å². The molecule has 1 rings (SSSR count). The molecule has 0 N–H and O–H groups in total. The summed E-state index contributed by atoms with van der Waals surface area (Å²) >= 11 is 0. The van der Waals surface area contributed by atoms with Crippen molar-refractivity contribution >= 4 is 20.6 Å². The van der Waals surface area contributed by atoms with E-state index in [0.717, 1.165) is 18.3 Å². The number of nitrogens with zero attached hydrogens (tertiary/aromatic N) is 1. The molecule has 1 aliphatic rings. The molecule has 0 radical (unpaired) electrons. The van der Waals surface area contributed by atoms with Gasteiger partial charge in [-0.25, -0.2) is 4.79 Å². The molecule has 0 heterocycles. The maximum atomic E-state index is 11.8. The van der Waals surface area contributed by atoms with Gasteiger partial charge in [-0.05, 0) is 37.4 Å². The lowest BCUT2D eigenvalue weighted by Gasteiger charge is -2.53. The highest BCUT2D eigenvalue weighted by molar-refractivity contribution is 6.74. The lowest BCUT2D eigenvalue weighted by molar-refractivity contribution is -0.135. The van der Waals surface area contributed by atoms with Crippen LogP contribution in [0.3, 0.4) is 0 Å². The Morgan fingerprint density at radius 2 is 2.00 bits per heavy atom. The first kappa shape index (κ1) is 21.6. The van der Waals surface area contributed by atoms with E-state index in [1.807, 2.05) is 6.92 Å². The topological polar surface area (TPSA) is 76.4 Å². The molecule has 5 nitrogen and oxygen atoms in total. The minimum atomic E-state index is -2.26. The highest BCUT2D eigenvalue weighted by Crippen LogP contribution is 2.54. The Balaban J connectivity index is 3.50. The summed E-state index contributed by atoms with van der Waals surface area (Å²) < 4.78 is 11.4. The molecule has 0 aromatic heterocycles. The fourth-order valence-corrected chi connectivity index (χ4v) is 4.74. The minimum Gasteiger partial charge on any atom is -0.466 e. The van der Waals surface area contributed by atoms with Crippen molar-refractivity contribution in [1.82, 2.24) is 0 Å². The van der Waals surface area contributed by atoms with Crippen LogP contribution in [0.4, 0.5) is 0 Å². The van der Waals surface area contributed by atoms with Crippen molar-refractivity contribution in [2.45, 2.75) is 77.1 Å². The maximum absolute atomic E-state index is 11.8. The summed E-state index contributed by atoms with van der Waals surface area (Å²) in [6, 6.07) is 2.40. The van der Waals surface area contributed by atoms with Gasteiger partial charge in [0.2, 0.25) is 0 Å². The molecule has 25 heavy (non-hydrogen) atoms. The molecule has 1 saturated carbocycles. The zero-order chi connectivity index (χ0) is 19.5. The Bertz CT molecular complexity index is 600. The van der Waals surface area contributed by atoms with Crippen molar-refractivity contribution < 1.29 is 18.8 Å². The summed E-state index contributed by atoms with van der Waals surface area (Å²) in [4.78, 5) is 23.3. The van der Waals surface area contributed by atoms with Crippen molar-refractivity contribution in [3.8, 4) is 6.07 Å². The highest BCUT2D eigenvalue weighted by atomic mass is 28.4. The van der Waals surface area contributed by atoms with E-state index in [-0.39, 0.29) is 11.5 Å². The summed E-state index contributed by atoms with van der Waals surface area (Å²) in [5, 5.41) is 10.1. The first-order valence-corrected chi connectivity index (χ1v) is 11.6. The van der Waals surface area contributed by atoms with Crippen molar-refractivity contribution in [3.63, 3.8) is 0 Å². The minimum absolute atomic E-state index is 0.0669. The highest BCUT2D eigenvalue weighted by Gasteiger charge is 2.57. The van der Waals surface area contributed by atoms with Crippen LogP contribution < -0.4 is 0 Å². The predicted molar refractivity (Wildman–Crippen MR) is 99.4 cm³/mol. The third-order valence-electron chi connectivity index (χ3n) is 5.98. The number of rotatable bonds is 5. The van der Waals surface area contributed by atoms with E-state index >= 15 is 0 Å². The quantitative estimate of drug-likeness (QED) is 0.316. The van der Waals surface area contributed by atoms with Gasteiger partial charge in [0.25, 0.3) is 0 Å². The van der Waals surface area contributed by atoms with E-state index in [1.54, 1.807) is 0 Å². The van der Waals surface area contributed by atoms with Crippen molar-refractivity contribution in [2.24, 2.45) is 5.41 Å². The molecule has 0 aromatic rings. The Morgan fingerprint density at radius 1 is 1.40 bits per heavy atom. The van der Waals surface area contributed by atoms with Gasteiger partial charge in [-0.1, -0.05) is 33.3 Å². The second kappa shape index (κ2) is 7.43. The van der Waals surface area contributed by atoms with E-state index in [1.165, 1.54) is 13.2 Å². The smallest absolute Gasteiger partial charge is 0.330 e. The van der Waals surface area contributed by atoms with Crippen LogP contribution in [0.15, 0.2) is 11.6 Å². The number of aldehydes is 1. The Morgan fingerprint density at radius 3 is 2.44 bits per heavy atom. The summed E-state index contributed by atoms with van der Waals surface area (Å²) in [5.74, 6) is -0.465. The molecule has 0 aliphatic heterocycles. The van der Waals surface area contributed by atoms with Crippen molar-refractivity contribution in [1.29, 1.82) is 5.26 Å². The van der Waals surface area contributed by atoms with Crippen LogP contribution in [0, 0.1) is 16.7 Å². The predicted octanol–water partition coefficient (Wildman–Crippen LogP) is 4.15. The number of nitriles is 1. The van der Waals surface area contributed by atoms with E-state index in [9.17, 15) is 14.9 Å². The Kier molecular flexibility index (Phi) is 6.41. The molecule has 0 spiro atoms. The maximum Gasteiger partial charge on any atom is 0.330 e. The van der Waals surface area contributed by atoms with Gasteiger partial charge >= 0.3 is 5.97 Å². The van der Waals surface area contributed by atoms with Crippen molar-refractivity contribution in [2.75, 3.05) is 7.11 Å². The van der Waals surface area contributed by atoms with Gasteiger partial charge in [0, 0.05) is 17.9 Å². The fraction of sp³-hybridized carbons (Fsp3) is 0.737. The zero-order valence-electron chi connectivity index (χ0n) is 16.6. The number of ether oxygens (including phenoxy) is 1. The van der Waals surface area contributed by atoms with Crippen LogP contribution in [0.1, 0.15) is 53.4 Å². The molecule has 1 fully saturated rings. The number of methoxy groups -OCH3 is 1. The van der Waals surface area contributed by atoms with Gasteiger partial charge in [-0.3, -0.25) is 0 Å². The Labute approximate surface area is 152 Å². The number of carbonyl (C=O) groups is 2. The van der Waals surface area contributed by atoms with Crippen LogP contribution in [0.2, 0.25) is 18.1 Å². The zero-order valence-corrected chi connectivity index (χ0v) is 17.6. The molecule has 0 aromatic carbocycles. The summed E-state index contributed by atoms with van der Waals surface area (Å²) in [5.41, 5.74) is -1.20. The third kappa shape index (κ3) is 4.04. The standard InChI is InChI=1S/C19H31NO4Si/c1-17(2,3)25(6,7)24-19(14-20)10-8-9-15(13-16(22)23-5)18(19,4)11-12-21/h12-13H,8-11H2,1-7H3/b15-13-/t18-,19+/m0/s1. The van der Waals surface area contributed by atoms with Crippen LogP contribution in [0.25, 0.3) is 0 Å². The SMILES string of the molecule is COC(=O)/C=C1/CCC[C@](C#N)(O[Si](C)(C)C(C)(C)C)[C@@]1(C)CC=O. The van der Waals surface area contributed by atoms with Crippen LogP contribution in [-0.2, 0) is 18.8 Å². The number of esters is 1. The summed E-state index contributed by atoms with van der Waals surface area (Å²) in [6.07, 6.45) is 4.33. The first-order chi connectivity index (χ1) is 11.4. The lowest BCUT2D eigenvalue weighted by Crippen LogP contribution is -2.58. The van der Waals surface area contributed by atoms with Gasteiger partial charge in [0.15, 0.2) is 13.9 Å². The molecule has 6 heteroatoms. The molecule has 0 unspecified atom stereocenters.